The van der Waals surface area contributed by atoms with Gasteiger partial charge in [0, 0.05) is 78.1 Å². The molecule has 0 spiro atoms. The van der Waals surface area contributed by atoms with Crippen LogP contribution in [0, 0.1) is 0 Å². The number of methoxy groups -OCH3 is 2. The lowest BCUT2D eigenvalue weighted by Crippen LogP contribution is -2.45. The Hall–Kier alpha value is -6.65. The molecule has 3 amide bonds. The number of nitrogens with zero attached hydrogens (tertiary/aromatic N) is 6. The molecule has 0 aliphatic carbocycles. The van der Waals surface area contributed by atoms with Gasteiger partial charge in [-0.1, -0.05) is 64.1 Å². The Labute approximate surface area is 438 Å². The molecule has 0 radical (unpaired) electrons. The van der Waals surface area contributed by atoms with E-state index in [-0.39, 0.29) is 56.2 Å². The molecule has 4 aromatic carbocycles. The quantitative estimate of drug-likeness (QED) is 0.0376. The lowest BCUT2D eigenvalue weighted by Gasteiger charge is -2.35. The molecular formula is C53H54N6O12S3. The Bertz CT molecular complexity index is 3070. The number of para-hydroxylation sites is 2. The van der Waals surface area contributed by atoms with Crippen LogP contribution < -0.4 is 33.6 Å². The van der Waals surface area contributed by atoms with E-state index in [1.807, 2.05) is 82.7 Å². The minimum absolute atomic E-state index is 0.0476. The number of hydrogen-bond donors (Lipinski definition) is 2. The van der Waals surface area contributed by atoms with E-state index in [9.17, 15) is 33.0 Å². The minimum atomic E-state index is -2.61. The molecule has 1 fully saturated rings. The van der Waals surface area contributed by atoms with Crippen molar-refractivity contribution in [1.82, 2.24) is 10.0 Å². The van der Waals surface area contributed by atoms with Crippen molar-refractivity contribution in [3.05, 3.63) is 125 Å². The second kappa shape index (κ2) is 21.3. The van der Waals surface area contributed by atoms with Gasteiger partial charge in [-0.2, -0.15) is 0 Å². The molecule has 74 heavy (non-hydrogen) atoms. The first-order valence-corrected chi connectivity index (χ1v) is 27.6. The standard InChI is InChI=1S/C53H54N6O12S3/c1-53(2,73-72-19-18-47(74(65)66)52(64)71-59-48(60)16-17-49(59)61)30-56-27-36-21-32-11-6-8-15-41(32)58(36)51(63)38-23-44(68-4)46(25-42(38)56)70-29-34-13-9-12-33(55-34)28-69-45-24-39-37(22-43(45)67-3)50(62)57-35(26-54-39)20-31-10-5-7-14-40(31)57/h5-15,22-26,35-36,47,50,62H,16-21,27-30H2,1-4H3,(H,65,66)/t35-,36-,47?,50?/m0/s1. The average Bonchev–Trinajstić information content (AvgIpc) is 4.02. The van der Waals surface area contributed by atoms with E-state index in [1.165, 1.54) is 28.7 Å². The van der Waals surface area contributed by atoms with Crippen molar-refractivity contribution in [2.75, 3.05) is 47.8 Å². The molecule has 5 aromatic rings. The van der Waals surface area contributed by atoms with Gasteiger partial charge in [-0.05, 0) is 74.2 Å². The van der Waals surface area contributed by atoms with Gasteiger partial charge in [0.15, 0.2) is 45.6 Å². The first-order chi connectivity index (χ1) is 35.7. The van der Waals surface area contributed by atoms with Gasteiger partial charge in [0.05, 0.1) is 54.6 Å². The van der Waals surface area contributed by atoms with Crippen LogP contribution in [0.5, 0.6) is 23.0 Å². The highest BCUT2D eigenvalue weighted by atomic mass is 33.1. The number of fused-ring (bicyclic) bond motifs is 8. The number of anilines is 3. The van der Waals surface area contributed by atoms with Gasteiger partial charge in [0.1, 0.15) is 13.2 Å². The number of amides is 3. The number of aliphatic imine (C=N–C) groups is 1. The number of aliphatic hydroxyl groups excluding tert-OH is 1. The molecule has 18 nitrogen and oxygen atoms in total. The van der Waals surface area contributed by atoms with Gasteiger partial charge in [-0.15, -0.1) is 5.06 Å². The van der Waals surface area contributed by atoms with Crippen LogP contribution in [-0.2, 0) is 56.4 Å². The number of rotatable bonds is 18. The number of benzene rings is 4. The SMILES string of the molecule is COc1cc2c(cc1OCc1cccc(COc3cc4c(cc3OC)C(=O)N3c5ccccc5C[C@H]3CN4CC(C)(C)SSCCC(C(=O)ON3C(=O)CCC3=O)S(=O)O)n1)N=C[C@@H]1Cc3ccccc3N1C2O. The van der Waals surface area contributed by atoms with Crippen LogP contribution in [-0.4, -0.2) is 109 Å². The lowest BCUT2D eigenvalue weighted by molar-refractivity contribution is -0.197. The summed E-state index contributed by atoms with van der Waals surface area (Å²) in [5.74, 6) is -0.695. The topological polar surface area (TPSA) is 210 Å². The third-order valence-electron chi connectivity index (χ3n) is 13.5. The fourth-order valence-electron chi connectivity index (χ4n) is 10.1. The Morgan fingerprint density at radius 2 is 1.47 bits per heavy atom. The van der Waals surface area contributed by atoms with Gasteiger partial charge in [-0.3, -0.25) is 24.4 Å². The van der Waals surface area contributed by atoms with Crippen molar-refractivity contribution in [1.29, 1.82) is 0 Å². The van der Waals surface area contributed by atoms with Gasteiger partial charge in [0.25, 0.3) is 17.7 Å². The summed E-state index contributed by atoms with van der Waals surface area (Å²) in [5.41, 5.74) is 7.61. The van der Waals surface area contributed by atoms with E-state index in [0.717, 1.165) is 28.9 Å². The number of ether oxygens (including phenoxy) is 4. The fourth-order valence-corrected chi connectivity index (χ4v) is 13.3. The van der Waals surface area contributed by atoms with Gasteiger partial charge >= 0.3 is 5.97 Å². The molecule has 386 valence electrons. The summed E-state index contributed by atoms with van der Waals surface area (Å²) in [6, 6.07) is 28.4. The van der Waals surface area contributed by atoms with E-state index >= 15 is 0 Å². The zero-order valence-corrected chi connectivity index (χ0v) is 43.5. The van der Waals surface area contributed by atoms with Crippen LogP contribution in [0.4, 0.5) is 22.7 Å². The number of carbonyl (C=O) groups excluding carboxylic acids is 4. The number of pyridine rings is 1. The van der Waals surface area contributed by atoms with Crippen molar-refractivity contribution in [3.8, 4) is 23.0 Å². The van der Waals surface area contributed by atoms with E-state index in [4.69, 9.17) is 33.8 Å². The van der Waals surface area contributed by atoms with E-state index in [2.05, 4.69) is 24.8 Å². The molecule has 5 aliphatic heterocycles. The van der Waals surface area contributed by atoms with Gasteiger partial charge in [0.2, 0.25) is 0 Å². The first kappa shape index (κ1) is 50.9. The lowest BCUT2D eigenvalue weighted by atomic mass is 10.1. The molecule has 5 aliphatic rings. The Morgan fingerprint density at radius 3 is 2.16 bits per heavy atom. The molecule has 3 unspecified atom stereocenters. The molecule has 1 aromatic heterocycles. The van der Waals surface area contributed by atoms with Crippen LogP contribution in [0.2, 0.25) is 0 Å². The van der Waals surface area contributed by atoms with Crippen molar-refractivity contribution in [2.45, 2.75) is 87.5 Å². The zero-order chi connectivity index (χ0) is 51.8. The Morgan fingerprint density at radius 1 is 0.824 bits per heavy atom. The van der Waals surface area contributed by atoms with E-state index < -0.39 is 45.1 Å². The van der Waals surface area contributed by atoms with Crippen molar-refractivity contribution < 1.29 is 56.8 Å². The first-order valence-electron chi connectivity index (χ1n) is 24.1. The van der Waals surface area contributed by atoms with Crippen LogP contribution in [0.15, 0.2) is 96.0 Å². The zero-order valence-electron chi connectivity index (χ0n) is 41.0. The van der Waals surface area contributed by atoms with Crippen LogP contribution in [0.3, 0.4) is 0 Å². The summed E-state index contributed by atoms with van der Waals surface area (Å²) in [6.45, 7) is 5.24. The van der Waals surface area contributed by atoms with Crippen molar-refractivity contribution in [3.63, 3.8) is 0 Å². The minimum Gasteiger partial charge on any atom is -0.493 e. The summed E-state index contributed by atoms with van der Waals surface area (Å²) >= 11 is -2.61. The summed E-state index contributed by atoms with van der Waals surface area (Å²) < 4.78 is 46.1. The smallest absolute Gasteiger partial charge is 0.351 e. The molecule has 5 atom stereocenters. The number of hydroxylamine groups is 2. The molecule has 10 rings (SSSR count). The number of hydrogen-bond acceptors (Lipinski definition) is 17. The highest BCUT2D eigenvalue weighted by molar-refractivity contribution is 8.77. The third kappa shape index (κ3) is 10.3. The van der Waals surface area contributed by atoms with Crippen molar-refractivity contribution in [2.24, 2.45) is 4.99 Å². The van der Waals surface area contributed by atoms with Crippen molar-refractivity contribution >= 4 is 85.3 Å². The fraction of sp³-hybridized carbons (Fsp3) is 0.358. The summed E-state index contributed by atoms with van der Waals surface area (Å²) in [7, 11) is 6.02. The Kier molecular flexibility index (Phi) is 14.6. The highest BCUT2D eigenvalue weighted by Gasteiger charge is 2.42. The summed E-state index contributed by atoms with van der Waals surface area (Å²) in [5, 5.41) is 10.6. The Balaban J connectivity index is 0.839. The number of aliphatic hydroxyl groups is 1. The average molecular weight is 1060 g/mol. The predicted octanol–water partition coefficient (Wildman–Crippen LogP) is 7.53. The highest BCUT2D eigenvalue weighted by Crippen LogP contribution is 2.47. The number of imide groups is 1. The van der Waals surface area contributed by atoms with Gasteiger partial charge < -0.3 is 48.1 Å². The number of aromatic nitrogens is 1. The van der Waals surface area contributed by atoms with Gasteiger partial charge in [-0.25, -0.2) is 9.00 Å². The number of carbonyl (C=O) groups is 4. The molecule has 0 bridgehead atoms. The molecule has 21 heteroatoms. The summed E-state index contributed by atoms with van der Waals surface area (Å²) in [4.78, 5) is 72.2. The van der Waals surface area contributed by atoms with E-state index in [0.29, 0.717) is 81.5 Å². The largest absolute Gasteiger partial charge is 0.493 e. The van der Waals surface area contributed by atoms with E-state index in [1.54, 1.807) is 25.3 Å². The molecular weight excluding hydrogens is 1010 g/mol. The molecule has 6 heterocycles. The molecule has 2 N–H and O–H groups in total. The summed E-state index contributed by atoms with van der Waals surface area (Å²) in [6.07, 6.45) is 2.10. The molecule has 1 saturated heterocycles. The van der Waals surface area contributed by atoms with Crippen LogP contribution in [0.25, 0.3) is 0 Å². The maximum absolute atomic E-state index is 14.7. The van der Waals surface area contributed by atoms with Crippen LogP contribution in [0.1, 0.15) is 77.8 Å². The monoisotopic (exact) mass is 1060 g/mol. The normalized spacial score (nSPS) is 19.4. The maximum atomic E-state index is 14.7. The second-order valence-corrected chi connectivity index (χ2v) is 23.2. The maximum Gasteiger partial charge on any atom is 0.351 e. The predicted molar refractivity (Wildman–Crippen MR) is 282 cm³/mol. The second-order valence-electron chi connectivity index (χ2n) is 19.0. The third-order valence-corrected chi connectivity index (χ3v) is 17.7. The van der Waals surface area contributed by atoms with Crippen LogP contribution >= 0.6 is 21.6 Å². The molecule has 0 saturated carbocycles.